The van der Waals surface area contributed by atoms with Crippen molar-refractivity contribution in [2.45, 2.75) is 0 Å². The summed E-state index contributed by atoms with van der Waals surface area (Å²) in [5.41, 5.74) is 0.482. The highest BCUT2D eigenvalue weighted by molar-refractivity contribution is 5.91. The van der Waals surface area contributed by atoms with Crippen molar-refractivity contribution in [3.63, 3.8) is 0 Å². The van der Waals surface area contributed by atoms with Crippen LogP contribution in [0.5, 0.6) is 17.4 Å². The van der Waals surface area contributed by atoms with Gasteiger partial charge in [0.1, 0.15) is 0 Å². The molecule has 1 heterocycles. The average molecular weight is 291 g/mol. The van der Waals surface area contributed by atoms with E-state index in [9.17, 15) is 4.79 Å². The van der Waals surface area contributed by atoms with Crippen LogP contribution in [0.2, 0.25) is 0 Å². The van der Waals surface area contributed by atoms with Crippen molar-refractivity contribution in [2.24, 2.45) is 0 Å². The highest BCUT2D eigenvalue weighted by Gasteiger charge is 2.12. The van der Waals surface area contributed by atoms with Crippen molar-refractivity contribution >= 4 is 5.97 Å². The predicted molar refractivity (Wildman–Crippen MR) is 82.2 cm³/mol. The minimum Gasteiger partial charge on any atom is -0.435 e. The number of carbonyl (C=O) groups is 1. The number of hydrogen-bond donors (Lipinski definition) is 0. The van der Waals surface area contributed by atoms with Crippen molar-refractivity contribution in [1.82, 2.24) is 4.98 Å². The molecule has 0 spiro atoms. The number of pyridine rings is 1. The molecule has 0 atom stereocenters. The first kappa shape index (κ1) is 13.8. The van der Waals surface area contributed by atoms with Crippen LogP contribution >= 0.6 is 0 Å². The van der Waals surface area contributed by atoms with Crippen LogP contribution < -0.4 is 9.47 Å². The maximum absolute atomic E-state index is 12.1. The predicted octanol–water partition coefficient (Wildman–Crippen LogP) is 4.09. The molecule has 3 rings (SSSR count). The van der Waals surface area contributed by atoms with Gasteiger partial charge in [-0.25, -0.2) is 9.78 Å². The Morgan fingerprint density at radius 3 is 2.18 bits per heavy atom. The maximum Gasteiger partial charge on any atom is 0.343 e. The fraction of sp³-hybridized carbons (Fsp3) is 0. The van der Waals surface area contributed by atoms with Gasteiger partial charge in [0.15, 0.2) is 11.5 Å². The van der Waals surface area contributed by atoms with Crippen molar-refractivity contribution < 1.29 is 14.3 Å². The minimum absolute atomic E-state index is 0.349. The van der Waals surface area contributed by atoms with Gasteiger partial charge in [0, 0.05) is 12.3 Å². The maximum atomic E-state index is 12.1. The van der Waals surface area contributed by atoms with Crippen LogP contribution in [0.1, 0.15) is 10.4 Å². The Morgan fingerprint density at radius 2 is 1.45 bits per heavy atom. The van der Waals surface area contributed by atoms with Crippen LogP contribution in [0.4, 0.5) is 0 Å². The molecule has 0 saturated carbocycles. The number of carbonyl (C=O) groups excluding carboxylic acids is 1. The molecule has 3 aromatic rings. The zero-order chi connectivity index (χ0) is 15.2. The molecule has 4 nitrogen and oxygen atoms in total. The molecule has 22 heavy (non-hydrogen) atoms. The van der Waals surface area contributed by atoms with Crippen molar-refractivity contribution in [1.29, 1.82) is 0 Å². The topological polar surface area (TPSA) is 48.4 Å². The molecule has 0 amide bonds. The van der Waals surface area contributed by atoms with Crippen molar-refractivity contribution in [2.75, 3.05) is 0 Å². The van der Waals surface area contributed by atoms with E-state index in [4.69, 9.17) is 9.47 Å². The molecule has 0 aliphatic rings. The Labute approximate surface area is 128 Å². The minimum atomic E-state index is -0.433. The lowest BCUT2D eigenvalue weighted by atomic mass is 10.2. The number of para-hydroxylation sites is 2. The van der Waals surface area contributed by atoms with Gasteiger partial charge in [-0.3, -0.25) is 0 Å². The second-order valence-electron chi connectivity index (χ2n) is 4.47. The van der Waals surface area contributed by atoms with Crippen LogP contribution in [0.25, 0.3) is 0 Å². The summed E-state index contributed by atoms with van der Waals surface area (Å²) in [5, 5.41) is 0. The number of ether oxygens (including phenoxy) is 2. The van der Waals surface area contributed by atoms with E-state index in [-0.39, 0.29) is 0 Å². The third-order valence-electron chi connectivity index (χ3n) is 2.91. The molecule has 1 aromatic heterocycles. The highest BCUT2D eigenvalue weighted by atomic mass is 16.6. The Hall–Kier alpha value is -3.14. The summed E-state index contributed by atoms with van der Waals surface area (Å²) in [7, 11) is 0. The van der Waals surface area contributed by atoms with E-state index < -0.39 is 5.97 Å². The van der Waals surface area contributed by atoms with Gasteiger partial charge in [0.25, 0.3) is 0 Å². The lowest BCUT2D eigenvalue weighted by molar-refractivity contribution is 0.0730. The standard InChI is InChI=1S/C18H13NO3/c20-18(14-8-2-1-3-9-14)22-16-11-5-4-10-15(16)21-17-12-6-7-13-19-17/h1-13H. The third-order valence-corrected chi connectivity index (χ3v) is 2.91. The molecule has 0 unspecified atom stereocenters. The van der Waals surface area contributed by atoms with Gasteiger partial charge in [-0.15, -0.1) is 0 Å². The lowest BCUT2D eigenvalue weighted by Gasteiger charge is -2.10. The molecule has 0 bridgehead atoms. The summed E-state index contributed by atoms with van der Waals surface area (Å²) in [6.07, 6.45) is 1.63. The smallest absolute Gasteiger partial charge is 0.343 e. The number of esters is 1. The summed E-state index contributed by atoms with van der Waals surface area (Å²) >= 11 is 0. The van der Waals surface area contributed by atoms with Crippen LogP contribution in [-0.4, -0.2) is 11.0 Å². The van der Waals surface area contributed by atoms with Gasteiger partial charge in [-0.1, -0.05) is 36.4 Å². The molecule has 0 saturated heterocycles. The summed E-state index contributed by atoms with van der Waals surface area (Å²) in [6.45, 7) is 0. The molecule has 0 N–H and O–H groups in total. The molecule has 0 fully saturated rings. The molecule has 0 radical (unpaired) electrons. The lowest BCUT2D eigenvalue weighted by Crippen LogP contribution is -2.08. The molecular formula is C18H13NO3. The van der Waals surface area contributed by atoms with E-state index in [2.05, 4.69) is 4.98 Å². The van der Waals surface area contributed by atoms with Gasteiger partial charge in [-0.05, 0) is 30.3 Å². The van der Waals surface area contributed by atoms with E-state index in [1.165, 1.54) is 0 Å². The van der Waals surface area contributed by atoms with Gasteiger partial charge >= 0.3 is 5.97 Å². The fourth-order valence-electron chi connectivity index (χ4n) is 1.87. The Morgan fingerprint density at radius 1 is 0.773 bits per heavy atom. The number of rotatable bonds is 4. The summed E-state index contributed by atoms with van der Waals surface area (Å²) in [4.78, 5) is 16.2. The van der Waals surface area contributed by atoms with Crippen LogP contribution in [0, 0.1) is 0 Å². The zero-order valence-corrected chi connectivity index (χ0v) is 11.7. The molecule has 0 aliphatic heterocycles. The average Bonchev–Trinajstić information content (AvgIpc) is 2.58. The molecule has 2 aromatic carbocycles. The summed E-state index contributed by atoms with van der Waals surface area (Å²) in [6, 6.07) is 21.1. The Kier molecular flexibility index (Phi) is 4.11. The molecule has 0 aliphatic carbocycles. The Bertz CT molecular complexity index is 758. The third kappa shape index (κ3) is 3.30. The SMILES string of the molecule is O=C(Oc1ccccc1Oc1ccccn1)c1ccccc1. The number of aromatic nitrogens is 1. The van der Waals surface area contributed by atoms with Crippen LogP contribution in [0.15, 0.2) is 79.0 Å². The van der Waals surface area contributed by atoms with Gasteiger partial charge < -0.3 is 9.47 Å². The first-order valence-corrected chi connectivity index (χ1v) is 6.78. The monoisotopic (exact) mass is 291 g/mol. The summed E-state index contributed by atoms with van der Waals surface area (Å²) < 4.78 is 11.1. The largest absolute Gasteiger partial charge is 0.435 e. The van der Waals surface area contributed by atoms with Crippen molar-refractivity contribution in [3.05, 3.63) is 84.6 Å². The first-order valence-electron chi connectivity index (χ1n) is 6.78. The van der Waals surface area contributed by atoms with Gasteiger partial charge in [0.05, 0.1) is 5.56 Å². The quantitative estimate of drug-likeness (QED) is 0.536. The van der Waals surface area contributed by atoms with Gasteiger partial charge in [0.2, 0.25) is 5.88 Å². The number of nitrogens with zero attached hydrogens (tertiary/aromatic N) is 1. The van der Waals surface area contributed by atoms with E-state index >= 15 is 0 Å². The molecular weight excluding hydrogens is 278 g/mol. The van der Waals surface area contributed by atoms with Crippen LogP contribution in [0.3, 0.4) is 0 Å². The highest BCUT2D eigenvalue weighted by Crippen LogP contribution is 2.30. The normalized spacial score (nSPS) is 10.0. The van der Waals surface area contributed by atoms with Gasteiger partial charge in [-0.2, -0.15) is 0 Å². The Balaban J connectivity index is 1.81. The van der Waals surface area contributed by atoms with E-state index in [1.807, 2.05) is 12.1 Å². The fourth-order valence-corrected chi connectivity index (χ4v) is 1.87. The zero-order valence-electron chi connectivity index (χ0n) is 11.7. The second-order valence-corrected chi connectivity index (χ2v) is 4.47. The molecule has 4 heteroatoms. The number of hydrogen-bond acceptors (Lipinski definition) is 4. The second kappa shape index (κ2) is 6.54. The first-order chi connectivity index (χ1) is 10.8. The van der Waals surface area contributed by atoms with E-state index in [0.29, 0.717) is 22.9 Å². The van der Waals surface area contributed by atoms with E-state index in [0.717, 1.165) is 0 Å². The summed E-state index contributed by atoms with van der Waals surface area (Å²) in [5.74, 6) is 0.788. The van der Waals surface area contributed by atoms with Crippen molar-refractivity contribution in [3.8, 4) is 17.4 Å². The van der Waals surface area contributed by atoms with E-state index in [1.54, 1.807) is 66.9 Å². The molecule has 108 valence electrons. The number of benzene rings is 2. The van der Waals surface area contributed by atoms with Crippen LogP contribution in [-0.2, 0) is 0 Å².